The van der Waals surface area contributed by atoms with Crippen molar-refractivity contribution in [3.05, 3.63) is 57.9 Å². The fraction of sp³-hybridized carbons (Fsp3) is 0.200. The first-order valence-electron chi connectivity index (χ1n) is 5.84. The van der Waals surface area contributed by atoms with Gasteiger partial charge >= 0.3 is 0 Å². The molecule has 0 fully saturated rings. The highest BCUT2D eigenvalue weighted by atomic mass is 35.5. The Hall–Kier alpha value is -2.05. The monoisotopic (exact) mass is 272 g/mol. The minimum atomic E-state index is 0.393. The molecule has 1 heterocycles. The van der Waals surface area contributed by atoms with Crippen molar-refractivity contribution >= 4 is 11.6 Å². The number of ether oxygens (including phenoxy) is 1. The van der Waals surface area contributed by atoms with Crippen LogP contribution in [-0.2, 0) is 6.61 Å². The SMILES string of the molecule is Cc1cc(OCc2ccnc(C#N)c2)cc(C)c1Cl. The van der Waals surface area contributed by atoms with Gasteiger partial charge in [-0.1, -0.05) is 11.6 Å². The lowest BCUT2D eigenvalue weighted by atomic mass is 10.1. The summed E-state index contributed by atoms with van der Waals surface area (Å²) in [5.74, 6) is 0.773. The number of hydrogen-bond acceptors (Lipinski definition) is 3. The van der Waals surface area contributed by atoms with Gasteiger partial charge in [0, 0.05) is 11.2 Å². The number of nitrogens with zero attached hydrogens (tertiary/aromatic N) is 2. The molecule has 0 radical (unpaired) electrons. The first-order valence-corrected chi connectivity index (χ1v) is 6.22. The summed E-state index contributed by atoms with van der Waals surface area (Å²) < 4.78 is 5.71. The summed E-state index contributed by atoms with van der Waals surface area (Å²) in [4.78, 5) is 3.92. The normalized spacial score (nSPS) is 10.0. The fourth-order valence-electron chi connectivity index (χ4n) is 1.78. The molecule has 0 aliphatic carbocycles. The molecule has 2 rings (SSSR count). The molecule has 0 spiro atoms. The standard InChI is InChI=1S/C15H13ClN2O/c1-10-5-14(6-11(2)15(10)16)19-9-12-3-4-18-13(7-12)8-17/h3-7H,9H2,1-2H3. The molecule has 0 atom stereocenters. The van der Waals surface area contributed by atoms with Crippen LogP contribution in [0.2, 0.25) is 5.02 Å². The minimum Gasteiger partial charge on any atom is -0.489 e. The maximum atomic E-state index is 8.78. The fourth-order valence-corrected chi connectivity index (χ4v) is 1.89. The molecule has 96 valence electrons. The lowest BCUT2D eigenvalue weighted by Crippen LogP contribution is -1.97. The van der Waals surface area contributed by atoms with Crippen LogP contribution in [0.4, 0.5) is 0 Å². The zero-order chi connectivity index (χ0) is 13.8. The van der Waals surface area contributed by atoms with E-state index in [0.29, 0.717) is 12.3 Å². The first kappa shape index (κ1) is 13.4. The van der Waals surface area contributed by atoms with E-state index in [1.54, 1.807) is 12.3 Å². The molecule has 0 amide bonds. The molecule has 0 aliphatic rings. The van der Waals surface area contributed by atoms with E-state index in [1.807, 2.05) is 38.1 Å². The maximum absolute atomic E-state index is 8.78. The van der Waals surface area contributed by atoms with E-state index in [4.69, 9.17) is 21.6 Å². The van der Waals surface area contributed by atoms with Gasteiger partial charge < -0.3 is 4.74 Å². The van der Waals surface area contributed by atoms with E-state index in [9.17, 15) is 0 Å². The molecule has 0 N–H and O–H groups in total. The van der Waals surface area contributed by atoms with Crippen molar-refractivity contribution in [3.8, 4) is 11.8 Å². The van der Waals surface area contributed by atoms with Gasteiger partial charge in [0.25, 0.3) is 0 Å². The molecule has 0 unspecified atom stereocenters. The molecule has 1 aromatic carbocycles. The van der Waals surface area contributed by atoms with Crippen molar-refractivity contribution in [2.45, 2.75) is 20.5 Å². The van der Waals surface area contributed by atoms with Crippen LogP contribution in [0.5, 0.6) is 5.75 Å². The summed E-state index contributed by atoms with van der Waals surface area (Å²) in [6.45, 7) is 4.29. The Labute approximate surface area is 117 Å². The van der Waals surface area contributed by atoms with Crippen LogP contribution in [0, 0.1) is 25.2 Å². The smallest absolute Gasteiger partial charge is 0.140 e. The Morgan fingerprint density at radius 1 is 1.26 bits per heavy atom. The van der Waals surface area contributed by atoms with E-state index >= 15 is 0 Å². The van der Waals surface area contributed by atoms with Crippen LogP contribution in [0.25, 0.3) is 0 Å². The summed E-state index contributed by atoms with van der Waals surface area (Å²) in [7, 11) is 0. The van der Waals surface area contributed by atoms with Crippen molar-refractivity contribution in [1.82, 2.24) is 4.98 Å². The Balaban J connectivity index is 2.12. The molecule has 4 heteroatoms. The van der Waals surface area contributed by atoms with Gasteiger partial charge in [0.1, 0.15) is 24.1 Å². The van der Waals surface area contributed by atoms with Crippen molar-refractivity contribution in [3.63, 3.8) is 0 Å². The highest BCUT2D eigenvalue weighted by Crippen LogP contribution is 2.26. The van der Waals surface area contributed by atoms with E-state index in [-0.39, 0.29) is 0 Å². The number of nitriles is 1. The molecule has 19 heavy (non-hydrogen) atoms. The van der Waals surface area contributed by atoms with Crippen LogP contribution in [0.3, 0.4) is 0 Å². The first-order chi connectivity index (χ1) is 9.10. The summed E-state index contributed by atoms with van der Waals surface area (Å²) in [5.41, 5.74) is 3.29. The number of aryl methyl sites for hydroxylation is 2. The average molecular weight is 273 g/mol. The molecule has 0 bridgehead atoms. The van der Waals surface area contributed by atoms with Gasteiger partial charge in [-0.2, -0.15) is 5.26 Å². The lowest BCUT2D eigenvalue weighted by Gasteiger charge is -2.10. The Bertz CT molecular complexity index is 624. The summed E-state index contributed by atoms with van der Waals surface area (Å²) in [5, 5.41) is 9.55. The Morgan fingerprint density at radius 3 is 2.58 bits per heavy atom. The zero-order valence-corrected chi connectivity index (χ0v) is 11.5. The van der Waals surface area contributed by atoms with Crippen LogP contribution in [-0.4, -0.2) is 4.98 Å². The van der Waals surface area contributed by atoms with Gasteiger partial charge in [-0.05, 0) is 54.8 Å². The van der Waals surface area contributed by atoms with Crippen molar-refractivity contribution in [2.75, 3.05) is 0 Å². The van der Waals surface area contributed by atoms with E-state index in [0.717, 1.165) is 27.5 Å². The van der Waals surface area contributed by atoms with Crippen molar-refractivity contribution < 1.29 is 4.74 Å². The number of pyridine rings is 1. The number of halogens is 1. The Kier molecular flexibility index (Phi) is 4.03. The molecule has 0 saturated heterocycles. The van der Waals surface area contributed by atoms with Crippen LogP contribution in [0.1, 0.15) is 22.4 Å². The average Bonchev–Trinajstić information content (AvgIpc) is 2.42. The molecular formula is C15H13ClN2O. The van der Waals surface area contributed by atoms with Crippen LogP contribution in [0.15, 0.2) is 30.5 Å². The number of benzene rings is 1. The third kappa shape index (κ3) is 3.24. The van der Waals surface area contributed by atoms with E-state index in [2.05, 4.69) is 4.98 Å². The van der Waals surface area contributed by atoms with E-state index < -0.39 is 0 Å². The largest absolute Gasteiger partial charge is 0.489 e. The molecule has 1 aromatic heterocycles. The van der Waals surface area contributed by atoms with Crippen molar-refractivity contribution in [1.29, 1.82) is 5.26 Å². The number of aromatic nitrogens is 1. The van der Waals surface area contributed by atoms with Gasteiger partial charge in [-0.25, -0.2) is 4.98 Å². The molecule has 2 aromatic rings. The summed E-state index contributed by atoms with van der Waals surface area (Å²) in [6, 6.07) is 9.36. The zero-order valence-electron chi connectivity index (χ0n) is 10.8. The molecule has 3 nitrogen and oxygen atoms in total. The lowest BCUT2D eigenvalue weighted by molar-refractivity contribution is 0.305. The van der Waals surface area contributed by atoms with Crippen LogP contribution >= 0.6 is 11.6 Å². The predicted molar refractivity (Wildman–Crippen MR) is 74.2 cm³/mol. The quantitative estimate of drug-likeness (QED) is 0.854. The highest BCUT2D eigenvalue weighted by Gasteiger charge is 2.04. The van der Waals surface area contributed by atoms with E-state index in [1.165, 1.54) is 0 Å². The second kappa shape index (κ2) is 5.73. The van der Waals surface area contributed by atoms with Gasteiger partial charge in [0.05, 0.1) is 0 Å². The molecule has 0 aliphatic heterocycles. The van der Waals surface area contributed by atoms with Crippen LogP contribution < -0.4 is 4.74 Å². The predicted octanol–water partition coefficient (Wildman–Crippen LogP) is 3.80. The topological polar surface area (TPSA) is 45.9 Å². The second-order valence-corrected chi connectivity index (χ2v) is 4.70. The molecule has 0 saturated carbocycles. The summed E-state index contributed by atoms with van der Waals surface area (Å²) >= 11 is 6.11. The summed E-state index contributed by atoms with van der Waals surface area (Å²) in [6.07, 6.45) is 1.61. The number of hydrogen-bond donors (Lipinski definition) is 0. The third-order valence-corrected chi connectivity index (χ3v) is 3.35. The van der Waals surface area contributed by atoms with Gasteiger partial charge in [0.2, 0.25) is 0 Å². The van der Waals surface area contributed by atoms with Gasteiger partial charge in [0.15, 0.2) is 0 Å². The van der Waals surface area contributed by atoms with Crippen molar-refractivity contribution in [2.24, 2.45) is 0 Å². The number of rotatable bonds is 3. The minimum absolute atomic E-state index is 0.393. The maximum Gasteiger partial charge on any atom is 0.140 e. The van der Waals surface area contributed by atoms with Gasteiger partial charge in [-0.15, -0.1) is 0 Å². The second-order valence-electron chi connectivity index (χ2n) is 4.32. The highest BCUT2D eigenvalue weighted by molar-refractivity contribution is 6.32. The van der Waals surface area contributed by atoms with Gasteiger partial charge in [-0.3, -0.25) is 0 Å². The Morgan fingerprint density at radius 2 is 1.95 bits per heavy atom. The third-order valence-electron chi connectivity index (χ3n) is 2.75. The molecular weight excluding hydrogens is 260 g/mol.